The Kier molecular flexibility index (Phi) is 3.40. The molecule has 1 aromatic heterocycles. The van der Waals surface area contributed by atoms with Gasteiger partial charge in [0.25, 0.3) is 0 Å². The van der Waals surface area contributed by atoms with Gasteiger partial charge in [-0.25, -0.2) is 4.98 Å². The minimum Gasteiger partial charge on any atom is -0.309 e. The molecule has 0 saturated carbocycles. The Labute approximate surface area is 105 Å². The maximum Gasteiger partial charge on any atom is 0.176 e. The van der Waals surface area contributed by atoms with Gasteiger partial charge in [0.1, 0.15) is 12.1 Å². The van der Waals surface area contributed by atoms with E-state index in [-0.39, 0.29) is 11.4 Å². The number of rotatable bonds is 1. The lowest BCUT2D eigenvalue weighted by Gasteiger charge is -1.95. The first-order valence-corrected chi connectivity index (χ1v) is 5.24. The summed E-state index contributed by atoms with van der Waals surface area (Å²) in [5, 5.41) is 17.7. The zero-order chi connectivity index (χ0) is 12.8. The van der Waals surface area contributed by atoms with Crippen LogP contribution in [0.4, 0.5) is 0 Å². The summed E-state index contributed by atoms with van der Waals surface area (Å²) in [6.07, 6.45) is 1.46. The van der Waals surface area contributed by atoms with Gasteiger partial charge in [-0.3, -0.25) is 0 Å². The standard InChI is InChI=1S/C14H8N4/c15-9-13-14(10-16)18(11-17-13)8-4-7-12-5-2-1-3-6-12/h1-3,5-6,11H,8H2. The van der Waals surface area contributed by atoms with Crippen LogP contribution in [-0.4, -0.2) is 9.55 Å². The van der Waals surface area contributed by atoms with E-state index in [1.807, 2.05) is 42.5 Å². The van der Waals surface area contributed by atoms with E-state index >= 15 is 0 Å². The molecule has 2 aromatic rings. The van der Waals surface area contributed by atoms with Crippen LogP contribution in [0.2, 0.25) is 0 Å². The maximum atomic E-state index is 8.93. The normalized spacial score (nSPS) is 8.78. The number of nitriles is 2. The smallest absolute Gasteiger partial charge is 0.176 e. The van der Waals surface area contributed by atoms with E-state index in [0.29, 0.717) is 6.54 Å². The molecule has 1 heterocycles. The van der Waals surface area contributed by atoms with E-state index in [0.717, 1.165) is 5.56 Å². The number of hydrogen-bond donors (Lipinski definition) is 0. The molecule has 0 unspecified atom stereocenters. The Hall–Kier alpha value is -3.03. The second kappa shape index (κ2) is 5.34. The lowest BCUT2D eigenvalue weighted by atomic mass is 10.2. The number of aromatic nitrogens is 2. The molecule has 0 aliphatic heterocycles. The minimum atomic E-state index is 0.138. The average Bonchev–Trinajstić information content (AvgIpc) is 2.82. The molecule has 0 saturated heterocycles. The van der Waals surface area contributed by atoms with Gasteiger partial charge in [0, 0.05) is 5.56 Å². The zero-order valence-corrected chi connectivity index (χ0v) is 9.46. The molecule has 0 spiro atoms. The van der Waals surface area contributed by atoms with Crippen LogP contribution in [-0.2, 0) is 6.54 Å². The van der Waals surface area contributed by atoms with Crippen molar-refractivity contribution >= 4 is 0 Å². The highest BCUT2D eigenvalue weighted by Crippen LogP contribution is 2.04. The first-order valence-electron chi connectivity index (χ1n) is 5.24. The van der Waals surface area contributed by atoms with Gasteiger partial charge in [-0.05, 0) is 12.1 Å². The van der Waals surface area contributed by atoms with E-state index in [2.05, 4.69) is 16.8 Å². The second-order valence-electron chi connectivity index (χ2n) is 3.46. The molecule has 2 rings (SSSR count). The first-order chi connectivity index (χ1) is 8.85. The number of benzene rings is 1. The summed E-state index contributed by atoms with van der Waals surface area (Å²) in [7, 11) is 0. The van der Waals surface area contributed by atoms with Gasteiger partial charge in [-0.1, -0.05) is 30.0 Å². The van der Waals surface area contributed by atoms with Crippen molar-refractivity contribution in [3.8, 4) is 24.0 Å². The molecule has 84 valence electrons. The Bertz CT molecular complexity index is 687. The molecule has 0 aliphatic carbocycles. The SMILES string of the molecule is N#Cc1ncn(CC#Cc2ccccc2)c1C#N. The van der Waals surface area contributed by atoms with Crippen molar-refractivity contribution in [2.75, 3.05) is 0 Å². The van der Waals surface area contributed by atoms with Crippen LogP contribution >= 0.6 is 0 Å². The summed E-state index contributed by atoms with van der Waals surface area (Å²) >= 11 is 0. The lowest BCUT2D eigenvalue weighted by molar-refractivity contribution is 0.826. The molecule has 1 aromatic carbocycles. The van der Waals surface area contributed by atoms with Crippen LogP contribution in [0.15, 0.2) is 36.7 Å². The summed E-state index contributed by atoms with van der Waals surface area (Å²) in [6, 6.07) is 13.4. The fraction of sp³-hybridized carbons (Fsp3) is 0.0714. The first kappa shape index (κ1) is 11.5. The Morgan fingerprint density at radius 2 is 1.89 bits per heavy atom. The van der Waals surface area contributed by atoms with Crippen LogP contribution in [0.5, 0.6) is 0 Å². The van der Waals surface area contributed by atoms with E-state index < -0.39 is 0 Å². The zero-order valence-electron chi connectivity index (χ0n) is 9.46. The van der Waals surface area contributed by atoms with E-state index in [1.54, 1.807) is 4.57 Å². The molecule has 0 fully saturated rings. The third-order valence-corrected chi connectivity index (χ3v) is 2.31. The van der Waals surface area contributed by atoms with Crippen molar-refractivity contribution in [1.82, 2.24) is 9.55 Å². The van der Waals surface area contributed by atoms with Gasteiger partial charge in [-0.2, -0.15) is 10.5 Å². The predicted molar refractivity (Wildman–Crippen MR) is 65.0 cm³/mol. The highest BCUT2D eigenvalue weighted by Gasteiger charge is 2.07. The van der Waals surface area contributed by atoms with Crippen molar-refractivity contribution in [2.24, 2.45) is 0 Å². The van der Waals surface area contributed by atoms with Gasteiger partial charge in [-0.15, -0.1) is 0 Å². The molecule has 0 amide bonds. The number of imidazole rings is 1. The molecule has 0 radical (unpaired) electrons. The summed E-state index contributed by atoms with van der Waals surface area (Å²) < 4.78 is 1.56. The third-order valence-electron chi connectivity index (χ3n) is 2.31. The minimum absolute atomic E-state index is 0.138. The highest BCUT2D eigenvalue weighted by atomic mass is 15.0. The van der Waals surface area contributed by atoms with Crippen LogP contribution < -0.4 is 0 Å². The van der Waals surface area contributed by atoms with Crippen molar-refractivity contribution in [3.63, 3.8) is 0 Å². The Morgan fingerprint density at radius 1 is 1.11 bits per heavy atom. The topological polar surface area (TPSA) is 65.4 Å². The fourth-order valence-electron chi connectivity index (χ4n) is 1.45. The highest BCUT2D eigenvalue weighted by molar-refractivity contribution is 5.37. The molecule has 4 heteroatoms. The third kappa shape index (κ3) is 2.38. The summed E-state index contributed by atoms with van der Waals surface area (Å²) in [4.78, 5) is 3.84. The molecular weight excluding hydrogens is 224 g/mol. The predicted octanol–water partition coefficient (Wildman–Crippen LogP) is 1.68. The van der Waals surface area contributed by atoms with Crippen molar-refractivity contribution < 1.29 is 0 Å². The van der Waals surface area contributed by atoms with E-state index in [9.17, 15) is 0 Å². The summed E-state index contributed by atoms with van der Waals surface area (Å²) in [5.41, 5.74) is 1.30. The molecule has 4 nitrogen and oxygen atoms in total. The molecule has 0 bridgehead atoms. The van der Waals surface area contributed by atoms with Gasteiger partial charge >= 0.3 is 0 Å². The molecule has 18 heavy (non-hydrogen) atoms. The van der Waals surface area contributed by atoms with Crippen LogP contribution in [0.1, 0.15) is 17.0 Å². The monoisotopic (exact) mass is 232 g/mol. The van der Waals surface area contributed by atoms with Gasteiger partial charge in [0.2, 0.25) is 0 Å². The molecule has 0 aliphatic rings. The molecule has 0 N–H and O–H groups in total. The Balaban J connectivity index is 2.18. The Morgan fingerprint density at radius 3 is 2.56 bits per heavy atom. The largest absolute Gasteiger partial charge is 0.309 e. The summed E-state index contributed by atoms with van der Waals surface area (Å²) in [6.45, 7) is 0.340. The van der Waals surface area contributed by atoms with E-state index in [4.69, 9.17) is 10.5 Å². The average molecular weight is 232 g/mol. The van der Waals surface area contributed by atoms with E-state index in [1.165, 1.54) is 6.33 Å². The molecule has 0 atom stereocenters. The van der Waals surface area contributed by atoms with Crippen molar-refractivity contribution in [2.45, 2.75) is 6.54 Å². The van der Waals surface area contributed by atoms with Crippen LogP contribution in [0.3, 0.4) is 0 Å². The second-order valence-corrected chi connectivity index (χ2v) is 3.46. The van der Waals surface area contributed by atoms with Gasteiger partial charge in [0.05, 0.1) is 12.9 Å². The van der Waals surface area contributed by atoms with Crippen LogP contribution in [0.25, 0.3) is 0 Å². The fourth-order valence-corrected chi connectivity index (χ4v) is 1.45. The van der Waals surface area contributed by atoms with Crippen molar-refractivity contribution in [1.29, 1.82) is 10.5 Å². The van der Waals surface area contributed by atoms with Gasteiger partial charge in [0.15, 0.2) is 11.4 Å². The van der Waals surface area contributed by atoms with Gasteiger partial charge < -0.3 is 4.57 Å². The summed E-state index contributed by atoms with van der Waals surface area (Å²) in [5.74, 6) is 5.92. The maximum absolute atomic E-state index is 8.93. The lowest BCUT2D eigenvalue weighted by Crippen LogP contribution is -1.97. The molecular formula is C14H8N4. The quantitative estimate of drug-likeness (QED) is 0.702. The number of hydrogen-bond acceptors (Lipinski definition) is 3. The number of nitrogens with zero attached hydrogens (tertiary/aromatic N) is 4. The van der Waals surface area contributed by atoms with Crippen molar-refractivity contribution in [3.05, 3.63) is 53.6 Å². The van der Waals surface area contributed by atoms with Crippen LogP contribution in [0, 0.1) is 34.5 Å².